The van der Waals surface area contributed by atoms with E-state index in [0.717, 1.165) is 16.5 Å². The monoisotopic (exact) mass is 486 g/mol. The largest absolute Gasteiger partial charge is 0.322 e. The van der Waals surface area contributed by atoms with Crippen molar-refractivity contribution in [3.05, 3.63) is 82.3 Å². The molecule has 3 aromatic rings. The number of hydrogen-bond acceptors (Lipinski definition) is 3. The SMILES string of the molecule is CCC(C)c1cc(Br)ccc1C(=O)Nc1ccc(-c2ccccc2S(N)(=O)=O)cc1. The van der Waals surface area contributed by atoms with Crippen LogP contribution in [-0.2, 0) is 10.0 Å². The second-order valence-electron chi connectivity index (χ2n) is 7.11. The Kier molecular flexibility index (Phi) is 6.75. The average Bonchev–Trinajstić information content (AvgIpc) is 2.73. The van der Waals surface area contributed by atoms with Gasteiger partial charge in [0.1, 0.15) is 0 Å². The van der Waals surface area contributed by atoms with Gasteiger partial charge in [-0.15, -0.1) is 0 Å². The van der Waals surface area contributed by atoms with Gasteiger partial charge >= 0.3 is 0 Å². The minimum absolute atomic E-state index is 0.0647. The average molecular weight is 487 g/mol. The molecule has 156 valence electrons. The number of nitrogens with one attached hydrogen (secondary N) is 1. The molecule has 0 bridgehead atoms. The molecule has 1 atom stereocenters. The van der Waals surface area contributed by atoms with Gasteiger partial charge in [0.2, 0.25) is 10.0 Å². The van der Waals surface area contributed by atoms with Crippen molar-refractivity contribution in [3.63, 3.8) is 0 Å². The molecule has 3 rings (SSSR count). The van der Waals surface area contributed by atoms with Gasteiger partial charge < -0.3 is 5.32 Å². The standard InChI is InChI=1S/C23H23BrN2O3S/c1-3-15(2)21-14-17(24)10-13-20(21)23(27)26-18-11-8-16(9-12-18)19-6-4-5-7-22(19)30(25,28)29/h4-15H,3H2,1-2H3,(H,26,27)(H2,25,28,29). The van der Waals surface area contributed by atoms with E-state index in [1.54, 1.807) is 42.5 Å². The molecule has 0 aromatic heterocycles. The van der Waals surface area contributed by atoms with Gasteiger partial charge in [0, 0.05) is 21.3 Å². The quantitative estimate of drug-likeness (QED) is 0.479. The molecule has 5 nitrogen and oxygen atoms in total. The van der Waals surface area contributed by atoms with Crippen molar-refractivity contribution < 1.29 is 13.2 Å². The number of carbonyl (C=O) groups is 1. The molecule has 0 aliphatic rings. The number of nitrogens with two attached hydrogens (primary N) is 1. The second kappa shape index (κ2) is 9.12. The summed E-state index contributed by atoms with van der Waals surface area (Å²) in [6, 6.07) is 19.2. The maximum absolute atomic E-state index is 12.9. The Hall–Kier alpha value is -2.48. The summed E-state index contributed by atoms with van der Waals surface area (Å²) in [5, 5.41) is 8.25. The molecule has 0 fully saturated rings. The summed E-state index contributed by atoms with van der Waals surface area (Å²) in [4.78, 5) is 12.9. The van der Waals surface area contributed by atoms with Gasteiger partial charge in [-0.25, -0.2) is 13.6 Å². The molecule has 0 heterocycles. The summed E-state index contributed by atoms with van der Waals surface area (Å²) >= 11 is 3.48. The van der Waals surface area contributed by atoms with Gasteiger partial charge in [0.25, 0.3) is 5.91 Å². The zero-order chi connectivity index (χ0) is 21.9. The Morgan fingerprint density at radius 3 is 2.37 bits per heavy atom. The number of sulfonamides is 1. The fourth-order valence-electron chi connectivity index (χ4n) is 3.25. The third kappa shape index (κ3) is 4.98. The highest BCUT2D eigenvalue weighted by Crippen LogP contribution is 2.29. The first-order valence-electron chi connectivity index (χ1n) is 9.53. The van der Waals surface area contributed by atoms with E-state index in [0.29, 0.717) is 22.4 Å². The Balaban J connectivity index is 1.87. The Morgan fingerprint density at radius 1 is 1.07 bits per heavy atom. The molecule has 3 N–H and O–H groups in total. The van der Waals surface area contributed by atoms with E-state index in [9.17, 15) is 13.2 Å². The van der Waals surface area contributed by atoms with Gasteiger partial charge in [0.15, 0.2) is 0 Å². The third-order valence-corrected chi connectivity index (χ3v) is 6.51. The second-order valence-corrected chi connectivity index (χ2v) is 9.56. The van der Waals surface area contributed by atoms with Crippen LogP contribution in [0.4, 0.5) is 5.69 Å². The van der Waals surface area contributed by atoms with Crippen molar-refractivity contribution in [1.29, 1.82) is 0 Å². The molecule has 1 unspecified atom stereocenters. The van der Waals surface area contributed by atoms with Crippen LogP contribution in [0.15, 0.2) is 76.1 Å². The number of primary sulfonamides is 1. The molecule has 3 aromatic carbocycles. The molecule has 1 amide bonds. The van der Waals surface area contributed by atoms with E-state index in [-0.39, 0.29) is 16.7 Å². The van der Waals surface area contributed by atoms with Crippen molar-refractivity contribution >= 4 is 37.5 Å². The molecular weight excluding hydrogens is 464 g/mol. The van der Waals surface area contributed by atoms with Crippen molar-refractivity contribution in [1.82, 2.24) is 0 Å². The molecule has 0 aliphatic heterocycles. The lowest BCUT2D eigenvalue weighted by atomic mass is 9.93. The molecule has 7 heteroatoms. The van der Waals surface area contributed by atoms with Crippen molar-refractivity contribution in [2.24, 2.45) is 5.14 Å². The number of benzene rings is 3. The molecule has 0 saturated carbocycles. The summed E-state index contributed by atoms with van der Waals surface area (Å²) in [5.74, 6) is 0.0656. The van der Waals surface area contributed by atoms with Crippen LogP contribution < -0.4 is 10.5 Å². The van der Waals surface area contributed by atoms with Crippen LogP contribution in [0.3, 0.4) is 0 Å². The van der Waals surface area contributed by atoms with Gasteiger partial charge in [-0.3, -0.25) is 4.79 Å². The predicted octanol–water partition coefficient (Wildman–Crippen LogP) is 5.53. The summed E-state index contributed by atoms with van der Waals surface area (Å²) in [7, 11) is -3.84. The van der Waals surface area contributed by atoms with Crippen LogP contribution in [0.5, 0.6) is 0 Å². The first-order valence-corrected chi connectivity index (χ1v) is 11.9. The lowest BCUT2D eigenvalue weighted by molar-refractivity contribution is 0.102. The maximum atomic E-state index is 12.9. The van der Waals surface area contributed by atoms with Gasteiger partial charge in [0.05, 0.1) is 4.90 Å². The summed E-state index contributed by atoms with van der Waals surface area (Å²) in [6.07, 6.45) is 0.925. The lowest BCUT2D eigenvalue weighted by Gasteiger charge is -2.16. The fourth-order valence-corrected chi connectivity index (χ4v) is 4.39. The van der Waals surface area contributed by atoms with Crippen molar-refractivity contribution in [3.8, 4) is 11.1 Å². The Morgan fingerprint density at radius 2 is 1.73 bits per heavy atom. The smallest absolute Gasteiger partial charge is 0.255 e. The highest BCUT2D eigenvalue weighted by atomic mass is 79.9. The van der Waals surface area contributed by atoms with E-state index in [1.165, 1.54) is 6.07 Å². The first-order chi connectivity index (χ1) is 14.2. The molecule has 0 radical (unpaired) electrons. The third-order valence-electron chi connectivity index (χ3n) is 5.05. The van der Waals surface area contributed by atoms with Crippen LogP contribution in [0.2, 0.25) is 0 Å². The number of anilines is 1. The van der Waals surface area contributed by atoms with Gasteiger partial charge in [-0.2, -0.15) is 0 Å². The number of carbonyl (C=O) groups excluding carboxylic acids is 1. The van der Waals surface area contributed by atoms with E-state index < -0.39 is 10.0 Å². The summed E-state index contributed by atoms with van der Waals surface area (Å²) < 4.78 is 24.6. The first kappa shape index (κ1) is 22.2. The van der Waals surface area contributed by atoms with Crippen LogP contribution >= 0.6 is 15.9 Å². The fraction of sp³-hybridized carbons (Fsp3) is 0.174. The van der Waals surface area contributed by atoms with E-state index in [1.807, 2.05) is 18.2 Å². The zero-order valence-electron chi connectivity index (χ0n) is 16.7. The minimum Gasteiger partial charge on any atom is -0.322 e. The van der Waals surface area contributed by atoms with Crippen LogP contribution in [-0.4, -0.2) is 14.3 Å². The summed E-state index contributed by atoms with van der Waals surface area (Å²) in [6.45, 7) is 4.18. The lowest BCUT2D eigenvalue weighted by Crippen LogP contribution is -2.15. The number of hydrogen-bond donors (Lipinski definition) is 2. The highest BCUT2D eigenvalue weighted by Gasteiger charge is 2.17. The Labute approximate surface area is 185 Å². The molecule has 30 heavy (non-hydrogen) atoms. The van der Waals surface area contributed by atoms with Crippen molar-refractivity contribution in [2.45, 2.75) is 31.1 Å². The molecule has 0 aliphatic carbocycles. The molecule has 0 saturated heterocycles. The predicted molar refractivity (Wildman–Crippen MR) is 124 cm³/mol. The topological polar surface area (TPSA) is 89.3 Å². The van der Waals surface area contributed by atoms with Gasteiger partial charge in [-0.1, -0.05) is 60.1 Å². The highest BCUT2D eigenvalue weighted by molar-refractivity contribution is 9.10. The van der Waals surface area contributed by atoms with E-state index in [4.69, 9.17) is 5.14 Å². The number of rotatable bonds is 6. The maximum Gasteiger partial charge on any atom is 0.255 e. The summed E-state index contributed by atoms with van der Waals surface area (Å²) in [5.41, 5.74) is 3.46. The molecular formula is C23H23BrN2O3S. The van der Waals surface area contributed by atoms with Crippen molar-refractivity contribution in [2.75, 3.05) is 5.32 Å². The minimum atomic E-state index is -3.84. The zero-order valence-corrected chi connectivity index (χ0v) is 19.1. The van der Waals surface area contributed by atoms with E-state index >= 15 is 0 Å². The van der Waals surface area contributed by atoms with Gasteiger partial charge in [-0.05, 0) is 59.9 Å². The normalized spacial score (nSPS) is 12.4. The molecule has 0 spiro atoms. The Bertz CT molecular complexity index is 1180. The number of halogens is 1. The van der Waals surface area contributed by atoms with E-state index in [2.05, 4.69) is 35.1 Å². The van der Waals surface area contributed by atoms with Crippen LogP contribution in [0.25, 0.3) is 11.1 Å². The number of amides is 1. The van der Waals surface area contributed by atoms with Crippen LogP contribution in [0.1, 0.15) is 42.1 Å². The van der Waals surface area contributed by atoms with Crippen LogP contribution in [0, 0.1) is 0 Å².